The van der Waals surface area contributed by atoms with Gasteiger partial charge in [-0.3, -0.25) is 10.5 Å². The molecule has 2 heterocycles. The van der Waals surface area contributed by atoms with Crippen LogP contribution in [0.25, 0.3) is 0 Å². The first kappa shape index (κ1) is 19.4. The van der Waals surface area contributed by atoms with Crippen molar-refractivity contribution in [3.8, 4) is 5.75 Å². The van der Waals surface area contributed by atoms with Crippen LogP contribution in [0.3, 0.4) is 0 Å². The van der Waals surface area contributed by atoms with Gasteiger partial charge in [0.05, 0.1) is 12.5 Å². The van der Waals surface area contributed by atoms with Gasteiger partial charge in [-0.25, -0.2) is 0 Å². The van der Waals surface area contributed by atoms with E-state index in [1.165, 1.54) is 24.8 Å². The molecule has 2 atom stereocenters. The molecule has 0 spiro atoms. The first-order chi connectivity index (χ1) is 14.5. The Hall–Kier alpha value is -2.53. The van der Waals surface area contributed by atoms with E-state index in [0.717, 1.165) is 36.3 Å². The number of benzene rings is 2. The normalized spacial score (nSPS) is 28.6. The van der Waals surface area contributed by atoms with E-state index < -0.39 is 11.1 Å². The number of ether oxygens (including phenoxy) is 1. The molecule has 5 nitrogen and oxygen atoms in total. The monoisotopic (exact) mass is 405 g/mol. The maximum absolute atomic E-state index is 14.0. The molecule has 2 fully saturated rings. The Morgan fingerprint density at radius 1 is 1.10 bits per heavy atom. The molecule has 2 aromatic carbocycles. The molecule has 5 heteroatoms. The number of likely N-dealkylation sites (tertiary alicyclic amines) is 1. The molecular weight excluding hydrogens is 374 g/mol. The summed E-state index contributed by atoms with van der Waals surface area (Å²) in [6.07, 6.45) is 6.54. The lowest BCUT2D eigenvalue weighted by molar-refractivity contribution is -0.134. The molecule has 2 N–H and O–H groups in total. The van der Waals surface area contributed by atoms with Crippen molar-refractivity contribution in [2.45, 2.75) is 55.6 Å². The minimum atomic E-state index is -1.09. The van der Waals surface area contributed by atoms with Gasteiger partial charge in [0.2, 0.25) is 0 Å². The second-order valence-electron chi connectivity index (χ2n) is 9.18. The second kappa shape index (κ2) is 7.02. The Morgan fingerprint density at radius 2 is 1.83 bits per heavy atom. The van der Waals surface area contributed by atoms with Gasteiger partial charge in [-0.2, -0.15) is 0 Å². The van der Waals surface area contributed by atoms with Gasteiger partial charge < -0.3 is 14.5 Å². The Morgan fingerprint density at radius 3 is 2.53 bits per heavy atom. The van der Waals surface area contributed by atoms with Gasteiger partial charge in [0.15, 0.2) is 5.66 Å². The van der Waals surface area contributed by atoms with Gasteiger partial charge in [-0.15, -0.1) is 0 Å². The number of hydrogen-bond donors (Lipinski definition) is 1. The highest BCUT2D eigenvalue weighted by Gasteiger charge is 2.69. The number of amides is 1. The minimum absolute atomic E-state index is 0.0722. The van der Waals surface area contributed by atoms with Crippen molar-refractivity contribution < 1.29 is 9.53 Å². The molecule has 2 aromatic rings. The highest BCUT2D eigenvalue weighted by atomic mass is 16.5. The standard InChI is InChI=1S/C25H31N3O2/c1-27-22-14-13-20(30-2)15-21(22)24(16-18-9-5-3-6-10-18)17-28(23(29)25(24,27)26)19-11-7-4-8-12-19/h3,5-6,9-10,13-15,19H,4,7-8,11-12,16-17,26H2,1-2H3/t24-,25-/m0/s1. The first-order valence-corrected chi connectivity index (χ1v) is 11.1. The zero-order valence-corrected chi connectivity index (χ0v) is 17.9. The number of hydrogen-bond acceptors (Lipinski definition) is 4. The van der Waals surface area contributed by atoms with Crippen molar-refractivity contribution in [2.75, 3.05) is 25.6 Å². The predicted molar refractivity (Wildman–Crippen MR) is 119 cm³/mol. The van der Waals surface area contributed by atoms with Gasteiger partial charge in [-0.1, -0.05) is 49.6 Å². The zero-order chi connectivity index (χ0) is 20.9. The summed E-state index contributed by atoms with van der Waals surface area (Å²) in [5, 5.41) is 0. The van der Waals surface area contributed by atoms with Crippen molar-refractivity contribution in [1.29, 1.82) is 0 Å². The SMILES string of the molecule is COc1ccc2c(c1)[C@]1(Cc3ccccc3)CN(C3CCCCC3)C(=O)[C@]1(N)N2C. The van der Waals surface area contributed by atoms with Crippen LogP contribution in [0.2, 0.25) is 0 Å². The fraction of sp³-hybridized carbons (Fsp3) is 0.480. The Balaban J connectivity index is 1.67. The van der Waals surface area contributed by atoms with Crippen LogP contribution in [0.5, 0.6) is 5.75 Å². The number of carbonyl (C=O) groups excluding carboxylic acids is 1. The van der Waals surface area contributed by atoms with Gasteiger partial charge in [0.25, 0.3) is 5.91 Å². The molecule has 0 unspecified atom stereocenters. The van der Waals surface area contributed by atoms with Gasteiger partial charge >= 0.3 is 0 Å². The van der Waals surface area contributed by atoms with Crippen LogP contribution in [0, 0.1) is 0 Å². The summed E-state index contributed by atoms with van der Waals surface area (Å²) in [6, 6.07) is 16.8. The number of anilines is 1. The quantitative estimate of drug-likeness (QED) is 0.846. The topological polar surface area (TPSA) is 58.8 Å². The molecule has 30 heavy (non-hydrogen) atoms. The molecule has 0 aromatic heterocycles. The van der Waals surface area contributed by atoms with Crippen molar-refractivity contribution in [2.24, 2.45) is 5.73 Å². The van der Waals surface area contributed by atoms with E-state index >= 15 is 0 Å². The van der Waals surface area contributed by atoms with E-state index in [9.17, 15) is 4.79 Å². The van der Waals surface area contributed by atoms with Crippen molar-refractivity contribution in [3.63, 3.8) is 0 Å². The highest BCUT2D eigenvalue weighted by Crippen LogP contribution is 2.56. The van der Waals surface area contributed by atoms with Crippen LogP contribution in [-0.2, 0) is 16.6 Å². The zero-order valence-electron chi connectivity index (χ0n) is 17.9. The molecular formula is C25H31N3O2. The number of likely N-dealkylation sites (N-methyl/N-ethyl adjacent to an activating group) is 1. The van der Waals surface area contributed by atoms with Gasteiger partial charge in [-0.05, 0) is 48.6 Å². The summed E-state index contributed by atoms with van der Waals surface area (Å²) in [4.78, 5) is 18.1. The first-order valence-electron chi connectivity index (χ1n) is 11.1. The molecule has 3 aliphatic rings. The van der Waals surface area contributed by atoms with E-state index in [1.54, 1.807) is 7.11 Å². The van der Waals surface area contributed by atoms with Crippen LogP contribution in [0.1, 0.15) is 43.2 Å². The Labute approximate surface area is 178 Å². The number of fused-ring (bicyclic) bond motifs is 3. The third-order valence-corrected chi connectivity index (χ3v) is 7.73. The average molecular weight is 406 g/mol. The van der Waals surface area contributed by atoms with E-state index in [2.05, 4.69) is 35.2 Å². The Bertz CT molecular complexity index is 956. The fourth-order valence-corrected chi connectivity index (χ4v) is 6.09. The highest BCUT2D eigenvalue weighted by molar-refractivity contribution is 5.98. The fourth-order valence-electron chi connectivity index (χ4n) is 6.09. The summed E-state index contributed by atoms with van der Waals surface area (Å²) in [7, 11) is 3.66. The maximum atomic E-state index is 14.0. The lowest BCUT2D eigenvalue weighted by Crippen LogP contribution is -2.66. The molecule has 0 bridgehead atoms. The molecule has 1 aliphatic carbocycles. The van der Waals surface area contributed by atoms with Crippen molar-refractivity contribution in [3.05, 3.63) is 59.7 Å². The molecule has 1 saturated heterocycles. The van der Waals surface area contributed by atoms with Gasteiger partial charge in [0.1, 0.15) is 5.75 Å². The summed E-state index contributed by atoms with van der Waals surface area (Å²) in [5.41, 5.74) is 8.93. The van der Waals surface area contributed by atoms with Crippen LogP contribution in [0.15, 0.2) is 48.5 Å². The summed E-state index contributed by atoms with van der Waals surface area (Å²) in [5.74, 6) is 0.880. The van der Waals surface area contributed by atoms with E-state index in [4.69, 9.17) is 10.5 Å². The molecule has 1 saturated carbocycles. The smallest absolute Gasteiger partial charge is 0.264 e. The average Bonchev–Trinajstić information content (AvgIpc) is 3.12. The van der Waals surface area contributed by atoms with E-state index in [-0.39, 0.29) is 5.91 Å². The van der Waals surface area contributed by atoms with E-state index in [1.807, 2.05) is 30.1 Å². The molecule has 1 amide bonds. The maximum Gasteiger partial charge on any atom is 0.264 e. The number of methoxy groups -OCH3 is 1. The van der Waals surface area contributed by atoms with Gasteiger partial charge in [0, 0.05) is 25.3 Å². The summed E-state index contributed by atoms with van der Waals surface area (Å²) < 4.78 is 5.56. The lowest BCUT2D eigenvalue weighted by Gasteiger charge is -2.39. The molecule has 2 aliphatic heterocycles. The third kappa shape index (κ3) is 2.54. The summed E-state index contributed by atoms with van der Waals surface area (Å²) in [6.45, 7) is 0.659. The molecule has 0 radical (unpaired) electrons. The second-order valence-corrected chi connectivity index (χ2v) is 9.18. The lowest BCUT2D eigenvalue weighted by atomic mass is 9.70. The van der Waals surface area contributed by atoms with Crippen molar-refractivity contribution >= 4 is 11.6 Å². The predicted octanol–water partition coefficient (Wildman–Crippen LogP) is 3.46. The molecule has 5 rings (SSSR count). The molecule has 158 valence electrons. The largest absolute Gasteiger partial charge is 0.497 e. The van der Waals surface area contributed by atoms with Crippen LogP contribution in [-0.4, -0.2) is 43.2 Å². The van der Waals surface area contributed by atoms with Crippen LogP contribution < -0.4 is 15.4 Å². The van der Waals surface area contributed by atoms with Crippen molar-refractivity contribution in [1.82, 2.24) is 4.90 Å². The number of carbonyl (C=O) groups is 1. The van der Waals surface area contributed by atoms with Crippen LogP contribution >= 0.6 is 0 Å². The number of rotatable bonds is 4. The minimum Gasteiger partial charge on any atom is -0.497 e. The number of nitrogens with two attached hydrogens (primary N) is 1. The van der Waals surface area contributed by atoms with E-state index in [0.29, 0.717) is 12.6 Å². The third-order valence-electron chi connectivity index (χ3n) is 7.73. The summed E-state index contributed by atoms with van der Waals surface area (Å²) >= 11 is 0. The van der Waals surface area contributed by atoms with Crippen LogP contribution in [0.4, 0.5) is 5.69 Å². The number of nitrogens with zero attached hydrogens (tertiary/aromatic N) is 2. The Kier molecular flexibility index (Phi) is 4.55.